The van der Waals surface area contributed by atoms with Crippen LogP contribution in [-0.2, 0) is 4.79 Å². The third-order valence-corrected chi connectivity index (χ3v) is 2.01. The summed E-state index contributed by atoms with van der Waals surface area (Å²) in [4.78, 5) is 15.2. The van der Waals surface area contributed by atoms with E-state index in [1.165, 1.54) is 18.1 Å². The highest BCUT2D eigenvalue weighted by Crippen LogP contribution is 2.17. The van der Waals surface area contributed by atoms with E-state index in [1.54, 1.807) is 6.92 Å². The molecule has 2 heteroatoms. The summed E-state index contributed by atoms with van der Waals surface area (Å²) in [5.41, 5.74) is 3.74. The maximum Gasteiger partial charge on any atom is 0.173 e. The second-order valence-electron chi connectivity index (χ2n) is 3.60. The van der Waals surface area contributed by atoms with Gasteiger partial charge in [0.15, 0.2) is 5.78 Å². The van der Waals surface area contributed by atoms with Crippen molar-refractivity contribution < 1.29 is 4.79 Å². The first-order valence-electron chi connectivity index (χ1n) is 4.63. The predicted molar refractivity (Wildman–Crippen MR) is 59.4 cm³/mol. The third-order valence-electron chi connectivity index (χ3n) is 2.01. The van der Waals surface area contributed by atoms with Gasteiger partial charge in [-0.15, -0.1) is 0 Å². The van der Waals surface area contributed by atoms with Crippen LogP contribution >= 0.6 is 0 Å². The summed E-state index contributed by atoms with van der Waals surface area (Å²) in [6, 6.07) is 6.03. The molecule has 1 aromatic carbocycles. The van der Waals surface area contributed by atoms with Gasteiger partial charge in [-0.05, 0) is 44.0 Å². The normalized spacial score (nSPS) is 11.6. The Labute approximate surface area is 84.7 Å². The Morgan fingerprint density at radius 3 is 2.00 bits per heavy atom. The second-order valence-corrected chi connectivity index (χ2v) is 3.60. The quantitative estimate of drug-likeness (QED) is 0.657. The molecule has 0 amide bonds. The first kappa shape index (κ1) is 10.6. The molecule has 0 aliphatic rings. The molecule has 0 aromatic heterocycles. The van der Waals surface area contributed by atoms with Crippen molar-refractivity contribution in [3.05, 3.63) is 29.3 Å². The van der Waals surface area contributed by atoms with Crippen LogP contribution in [0.2, 0.25) is 0 Å². The van der Waals surface area contributed by atoms with Crippen LogP contribution in [0.3, 0.4) is 0 Å². The van der Waals surface area contributed by atoms with E-state index in [-0.39, 0.29) is 5.78 Å². The van der Waals surface area contributed by atoms with E-state index in [4.69, 9.17) is 0 Å². The van der Waals surface area contributed by atoms with Gasteiger partial charge in [-0.3, -0.25) is 9.79 Å². The first-order chi connectivity index (χ1) is 6.49. The van der Waals surface area contributed by atoms with Crippen LogP contribution in [0.4, 0.5) is 5.69 Å². The molecular formula is C12H15NO. The molecule has 1 rings (SSSR count). The maximum absolute atomic E-state index is 11.0. The number of benzene rings is 1. The van der Waals surface area contributed by atoms with Crippen LogP contribution < -0.4 is 0 Å². The summed E-state index contributed by atoms with van der Waals surface area (Å²) < 4.78 is 0. The number of carbonyl (C=O) groups excluding carboxylic acids is 1. The van der Waals surface area contributed by atoms with Crippen molar-refractivity contribution in [1.82, 2.24) is 0 Å². The SMILES string of the molecule is CC(=O)C(C)=Nc1cc(C)cc(C)c1. The summed E-state index contributed by atoms with van der Waals surface area (Å²) in [6.07, 6.45) is 0. The third kappa shape index (κ3) is 2.80. The molecule has 0 atom stereocenters. The second kappa shape index (κ2) is 4.18. The highest BCUT2D eigenvalue weighted by Gasteiger charge is 1.99. The highest BCUT2D eigenvalue weighted by atomic mass is 16.1. The molecule has 0 saturated heterocycles. The molecule has 2 nitrogen and oxygen atoms in total. The molecule has 14 heavy (non-hydrogen) atoms. The number of hydrogen-bond acceptors (Lipinski definition) is 2. The van der Waals surface area contributed by atoms with Gasteiger partial charge in [0.2, 0.25) is 0 Å². The molecule has 0 bridgehead atoms. The number of carbonyl (C=O) groups is 1. The summed E-state index contributed by atoms with van der Waals surface area (Å²) >= 11 is 0. The van der Waals surface area contributed by atoms with Gasteiger partial charge < -0.3 is 0 Å². The minimum absolute atomic E-state index is 0.0177. The Morgan fingerprint density at radius 2 is 1.57 bits per heavy atom. The lowest BCUT2D eigenvalue weighted by atomic mass is 10.1. The molecule has 0 radical (unpaired) electrons. The van der Waals surface area contributed by atoms with Crippen LogP contribution in [0.25, 0.3) is 0 Å². The minimum Gasteiger partial charge on any atom is -0.293 e. The van der Waals surface area contributed by atoms with E-state index in [9.17, 15) is 4.79 Å². The smallest absolute Gasteiger partial charge is 0.173 e. The molecule has 0 unspecified atom stereocenters. The first-order valence-corrected chi connectivity index (χ1v) is 4.63. The van der Waals surface area contributed by atoms with Crippen molar-refractivity contribution >= 4 is 17.2 Å². The lowest BCUT2D eigenvalue weighted by Gasteiger charge is -2.00. The summed E-state index contributed by atoms with van der Waals surface area (Å²) in [7, 11) is 0. The van der Waals surface area contributed by atoms with Gasteiger partial charge in [0.05, 0.1) is 11.4 Å². The van der Waals surface area contributed by atoms with Crippen LogP contribution in [0.1, 0.15) is 25.0 Å². The summed E-state index contributed by atoms with van der Waals surface area (Å²) in [5, 5.41) is 0. The predicted octanol–water partition coefficient (Wildman–Crippen LogP) is 2.98. The van der Waals surface area contributed by atoms with E-state index >= 15 is 0 Å². The van der Waals surface area contributed by atoms with Gasteiger partial charge in [-0.25, -0.2) is 0 Å². The van der Waals surface area contributed by atoms with Gasteiger partial charge in [-0.1, -0.05) is 6.07 Å². The van der Waals surface area contributed by atoms with Gasteiger partial charge in [0.1, 0.15) is 0 Å². The molecule has 1 aromatic rings. The largest absolute Gasteiger partial charge is 0.293 e. The summed E-state index contributed by atoms with van der Waals surface area (Å²) in [6.45, 7) is 7.31. The Kier molecular flexibility index (Phi) is 3.18. The molecule has 0 aliphatic carbocycles. The number of hydrogen-bond donors (Lipinski definition) is 0. The zero-order valence-corrected chi connectivity index (χ0v) is 9.09. The Balaban J connectivity index is 3.08. The van der Waals surface area contributed by atoms with Crippen molar-refractivity contribution in [2.45, 2.75) is 27.7 Å². The zero-order valence-electron chi connectivity index (χ0n) is 9.09. The Bertz CT molecular complexity index is 371. The summed E-state index contributed by atoms with van der Waals surface area (Å²) in [5.74, 6) is 0.0177. The fraction of sp³-hybridized carbons (Fsp3) is 0.333. The number of ketones is 1. The molecule has 0 fully saturated rings. The van der Waals surface area contributed by atoms with Gasteiger partial charge in [0, 0.05) is 6.92 Å². The number of aryl methyl sites for hydroxylation is 2. The van der Waals surface area contributed by atoms with Gasteiger partial charge in [0.25, 0.3) is 0 Å². The van der Waals surface area contributed by atoms with E-state index < -0.39 is 0 Å². The lowest BCUT2D eigenvalue weighted by molar-refractivity contribution is -0.111. The number of nitrogens with zero attached hydrogens (tertiary/aromatic N) is 1. The van der Waals surface area contributed by atoms with Crippen molar-refractivity contribution in [2.24, 2.45) is 4.99 Å². The highest BCUT2D eigenvalue weighted by molar-refractivity contribution is 6.38. The Hall–Kier alpha value is -1.44. The number of rotatable bonds is 2. The Morgan fingerprint density at radius 1 is 1.07 bits per heavy atom. The minimum atomic E-state index is 0.0177. The fourth-order valence-corrected chi connectivity index (χ4v) is 1.29. The van der Waals surface area contributed by atoms with Crippen LogP contribution in [-0.4, -0.2) is 11.5 Å². The van der Waals surface area contributed by atoms with Crippen LogP contribution in [0, 0.1) is 13.8 Å². The molecule has 0 aliphatic heterocycles. The topological polar surface area (TPSA) is 29.4 Å². The van der Waals surface area contributed by atoms with Gasteiger partial charge >= 0.3 is 0 Å². The van der Waals surface area contributed by atoms with Crippen molar-refractivity contribution in [2.75, 3.05) is 0 Å². The average molecular weight is 189 g/mol. The average Bonchev–Trinajstić information content (AvgIpc) is 2.01. The monoisotopic (exact) mass is 189 g/mol. The maximum atomic E-state index is 11.0. The molecule has 74 valence electrons. The van der Waals surface area contributed by atoms with Crippen molar-refractivity contribution in [3.8, 4) is 0 Å². The molecule has 0 spiro atoms. The number of aliphatic imine (C=N–C) groups is 1. The van der Waals surface area contributed by atoms with E-state index in [0.717, 1.165) is 5.69 Å². The molecular weight excluding hydrogens is 174 g/mol. The zero-order chi connectivity index (χ0) is 10.7. The standard InChI is InChI=1S/C12H15NO/c1-8-5-9(2)7-12(6-8)13-10(3)11(4)14/h5-7H,1-4H3. The van der Waals surface area contributed by atoms with Crippen LogP contribution in [0.15, 0.2) is 23.2 Å². The van der Waals surface area contributed by atoms with E-state index in [1.807, 2.05) is 26.0 Å². The number of Topliss-reactive ketones (excluding diaryl/α,β-unsaturated/α-hetero) is 1. The van der Waals surface area contributed by atoms with Crippen LogP contribution in [0.5, 0.6) is 0 Å². The van der Waals surface area contributed by atoms with Crippen molar-refractivity contribution in [1.29, 1.82) is 0 Å². The fourth-order valence-electron chi connectivity index (χ4n) is 1.29. The van der Waals surface area contributed by atoms with E-state index in [0.29, 0.717) is 5.71 Å². The lowest BCUT2D eigenvalue weighted by Crippen LogP contribution is -2.03. The molecule has 0 N–H and O–H groups in total. The van der Waals surface area contributed by atoms with Gasteiger partial charge in [-0.2, -0.15) is 0 Å². The van der Waals surface area contributed by atoms with E-state index in [2.05, 4.69) is 11.1 Å². The molecule has 0 saturated carbocycles. The van der Waals surface area contributed by atoms with Crippen molar-refractivity contribution in [3.63, 3.8) is 0 Å². The molecule has 0 heterocycles.